The third-order valence-corrected chi connectivity index (χ3v) is 3.95. The molecule has 2 aromatic rings. The topological polar surface area (TPSA) is 144 Å². The van der Waals surface area contributed by atoms with Crippen LogP contribution >= 0.6 is 0 Å². The summed E-state index contributed by atoms with van der Waals surface area (Å²) < 4.78 is 0. The van der Waals surface area contributed by atoms with E-state index in [1.165, 1.54) is 0 Å². The van der Waals surface area contributed by atoms with E-state index in [0.717, 1.165) is 11.1 Å². The summed E-state index contributed by atoms with van der Waals surface area (Å²) in [5.74, 6) is -4.17. The molecule has 0 aliphatic carbocycles. The normalized spacial score (nSPS) is 12.5. The molecule has 0 unspecified atom stereocenters. The highest BCUT2D eigenvalue weighted by Gasteiger charge is 2.24. The lowest BCUT2D eigenvalue weighted by atomic mass is 10.1. The molecule has 0 bridgehead atoms. The Hall–Kier alpha value is -3.36. The zero-order chi connectivity index (χ0) is 20.5. The largest absolute Gasteiger partial charge is 0.320 e. The van der Waals surface area contributed by atoms with Crippen LogP contribution in [0.2, 0.25) is 0 Å². The van der Waals surface area contributed by atoms with Crippen LogP contribution < -0.4 is 22.1 Å². The highest BCUT2D eigenvalue weighted by atomic mass is 16.2. The average molecular weight is 382 g/mol. The van der Waals surface area contributed by atoms with Crippen LogP contribution in [0.5, 0.6) is 0 Å². The van der Waals surface area contributed by atoms with Crippen molar-refractivity contribution in [2.45, 2.75) is 24.9 Å². The van der Waals surface area contributed by atoms with Gasteiger partial charge in [0.2, 0.25) is 11.8 Å². The monoisotopic (exact) mass is 382 g/mol. The van der Waals surface area contributed by atoms with Crippen LogP contribution in [0.4, 0.5) is 0 Å². The molecule has 6 N–H and O–H groups in total. The predicted molar refractivity (Wildman–Crippen MR) is 103 cm³/mol. The van der Waals surface area contributed by atoms with Gasteiger partial charge in [-0.3, -0.25) is 29.8 Å². The van der Waals surface area contributed by atoms with Crippen molar-refractivity contribution >= 4 is 23.6 Å². The van der Waals surface area contributed by atoms with Gasteiger partial charge in [0, 0.05) is 0 Å². The van der Waals surface area contributed by atoms with Gasteiger partial charge in [-0.15, -0.1) is 0 Å². The summed E-state index contributed by atoms with van der Waals surface area (Å²) in [6.07, 6.45) is 0.394. The highest BCUT2D eigenvalue weighted by Crippen LogP contribution is 2.03. The molecule has 0 fully saturated rings. The first-order valence-corrected chi connectivity index (χ1v) is 8.66. The third kappa shape index (κ3) is 6.42. The molecule has 0 aromatic heterocycles. The maximum Gasteiger partial charge on any atom is 0.316 e. The van der Waals surface area contributed by atoms with Gasteiger partial charge in [0.05, 0.1) is 12.1 Å². The van der Waals surface area contributed by atoms with Gasteiger partial charge in [0.25, 0.3) is 0 Å². The molecule has 0 aliphatic heterocycles. The van der Waals surface area contributed by atoms with E-state index in [-0.39, 0.29) is 12.8 Å². The van der Waals surface area contributed by atoms with E-state index >= 15 is 0 Å². The lowest BCUT2D eigenvalue weighted by molar-refractivity contribution is -0.145. The standard InChI is InChI=1S/C20H22N4O4/c21-15(11-13-7-3-1-4-8-13)17(25)23-19(27)20(28)24-18(26)16(22)12-14-9-5-2-6-10-14/h1-10,15-16H,11-12,21-22H2,(H,23,25,27)(H,24,26,28)/t15-,16-/m0/s1. The maximum atomic E-state index is 12.0. The Labute approximate surface area is 162 Å². The number of benzene rings is 2. The molecular formula is C20H22N4O4. The zero-order valence-electron chi connectivity index (χ0n) is 15.1. The molecule has 2 atom stereocenters. The van der Waals surface area contributed by atoms with Crippen molar-refractivity contribution in [2.24, 2.45) is 11.5 Å². The Morgan fingerprint density at radius 2 is 0.964 bits per heavy atom. The van der Waals surface area contributed by atoms with E-state index in [0.29, 0.717) is 0 Å². The summed E-state index contributed by atoms with van der Waals surface area (Å²) >= 11 is 0. The Balaban J connectivity index is 1.81. The van der Waals surface area contributed by atoms with Crippen LogP contribution in [0, 0.1) is 0 Å². The van der Waals surface area contributed by atoms with E-state index in [2.05, 4.69) is 0 Å². The Morgan fingerprint density at radius 1 is 0.643 bits per heavy atom. The second kappa shape index (κ2) is 10.1. The molecule has 0 heterocycles. The summed E-state index contributed by atoms with van der Waals surface area (Å²) in [6.45, 7) is 0. The molecule has 4 amide bonds. The molecule has 8 heteroatoms. The number of rotatable bonds is 6. The van der Waals surface area contributed by atoms with Crippen LogP contribution in [0.1, 0.15) is 11.1 Å². The Bertz CT molecular complexity index is 768. The second-order valence-corrected chi connectivity index (χ2v) is 6.23. The molecule has 8 nitrogen and oxygen atoms in total. The fraction of sp³-hybridized carbons (Fsp3) is 0.200. The number of carbonyl (C=O) groups is 4. The molecule has 146 valence electrons. The number of hydrogen-bond acceptors (Lipinski definition) is 6. The summed E-state index contributed by atoms with van der Waals surface area (Å²) in [5.41, 5.74) is 13.1. The van der Waals surface area contributed by atoms with Crippen molar-refractivity contribution in [3.05, 3.63) is 71.8 Å². The SMILES string of the molecule is N[C@@H](Cc1ccccc1)C(=O)NC(=O)C(=O)NC(=O)[C@@H](N)Cc1ccccc1. The van der Waals surface area contributed by atoms with Crippen molar-refractivity contribution in [3.8, 4) is 0 Å². The van der Waals surface area contributed by atoms with E-state index in [1.54, 1.807) is 48.5 Å². The zero-order valence-corrected chi connectivity index (χ0v) is 15.1. The first-order valence-electron chi connectivity index (χ1n) is 8.66. The number of nitrogens with one attached hydrogen (secondary N) is 2. The van der Waals surface area contributed by atoms with Crippen LogP contribution in [-0.2, 0) is 32.0 Å². The molecule has 0 saturated carbocycles. The van der Waals surface area contributed by atoms with E-state index in [9.17, 15) is 19.2 Å². The van der Waals surface area contributed by atoms with Crippen molar-refractivity contribution in [1.82, 2.24) is 10.6 Å². The Kier molecular flexibility index (Phi) is 7.55. The van der Waals surface area contributed by atoms with Crippen molar-refractivity contribution in [2.75, 3.05) is 0 Å². The Morgan fingerprint density at radius 3 is 1.29 bits per heavy atom. The fourth-order valence-electron chi connectivity index (χ4n) is 2.44. The van der Waals surface area contributed by atoms with Crippen molar-refractivity contribution in [3.63, 3.8) is 0 Å². The smallest absolute Gasteiger partial charge is 0.316 e. The second-order valence-electron chi connectivity index (χ2n) is 6.23. The molecule has 0 radical (unpaired) electrons. The van der Waals surface area contributed by atoms with Gasteiger partial charge in [-0.2, -0.15) is 0 Å². The first-order chi connectivity index (χ1) is 13.4. The number of imide groups is 2. The van der Waals surface area contributed by atoms with E-state index in [4.69, 9.17) is 11.5 Å². The average Bonchev–Trinajstić information content (AvgIpc) is 2.69. The summed E-state index contributed by atoms with van der Waals surface area (Å²) in [6, 6.07) is 15.9. The minimum atomic E-state index is -1.27. The molecule has 0 saturated heterocycles. The number of amides is 4. The van der Waals surface area contributed by atoms with Crippen LogP contribution in [-0.4, -0.2) is 35.7 Å². The first kappa shape index (κ1) is 20.9. The fourth-order valence-corrected chi connectivity index (χ4v) is 2.44. The quantitative estimate of drug-likeness (QED) is 0.492. The molecule has 0 aliphatic rings. The third-order valence-electron chi connectivity index (χ3n) is 3.95. The molecule has 2 aromatic carbocycles. The van der Waals surface area contributed by atoms with Crippen LogP contribution in [0.3, 0.4) is 0 Å². The number of carbonyl (C=O) groups excluding carboxylic acids is 4. The van der Waals surface area contributed by atoms with Gasteiger partial charge >= 0.3 is 11.8 Å². The maximum absolute atomic E-state index is 12.0. The molecule has 28 heavy (non-hydrogen) atoms. The van der Waals surface area contributed by atoms with Gasteiger partial charge in [-0.05, 0) is 24.0 Å². The lowest BCUT2D eigenvalue weighted by Gasteiger charge is -2.13. The van der Waals surface area contributed by atoms with Gasteiger partial charge in [-0.25, -0.2) is 0 Å². The molecule has 2 rings (SSSR count). The number of nitrogens with two attached hydrogens (primary N) is 2. The van der Waals surface area contributed by atoms with E-state index < -0.39 is 35.7 Å². The van der Waals surface area contributed by atoms with Gasteiger partial charge in [0.1, 0.15) is 0 Å². The minimum Gasteiger partial charge on any atom is -0.320 e. The van der Waals surface area contributed by atoms with Gasteiger partial charge in [-0.1, -0.05) is 60.7 Å². The van der Waals surface area contributed by atoms with Gasteiger partial charge < -0.3 is 11.5 Å². The van der Waals surface area contributed by atoms with E-state index in [1.807, 2.05) is 22.8 Å². The van der Waals surface area contributed by atoms with Gasteiger partial charge in [0.15, 0.2) is 0 Å². The highest BCUT2D eigenvalue weighted by molar-refractivity contribution is 6.40. The molecule has 0 spiro atoms. The summed E-state index contributed by atoms with van der Waals surface area (Å²) in [5, 5.41) is 3.77. The summed E-state index contributed by atoms with van der Waals surface area (Å²) in [7, 11) is 0. The summed E-state index contributed by atoms with van der Waals surface area (Å²) in [4.78, 5) is 47.6. The molecular weight excluding hydrogens is 360 g/mol. The van der Waals surface area contributed by atoms with Crippen molar-refractivity contribution < 1.29 is 19.2 Å². The van der Waals surface area contributed by atoms with Crippen LogP contribution in [0.25, 0.3) is 0 Å². The lowest BCUT2D eigenvalue weighted by Crippen LogP contribution is -2.52. The van der Waals surface area contributed by atoms with Crippen LogP contribution in [0.15, 0.2) is 60.7 Å². The number of hydrogen-bond donors (Lipinski definition) is 4. The predicted octanol–water partition coefficient (Wildman–Crippen LogP) is -0.588. The minimum absolute atomic E-state index is 0.197. The van der Waals surface area contributed by atoms with Crippen molar-refractivity contribution in [1.29, 1.82) is 0 Å².